The molecule has 0 saturated heterocycles. The highest BCUT2D eigenvalue weighted by Gasteiger charge is 2.26. The molecule has 1 aromatic rings. The Morgan fingerprint density at radius 2 is 2.29 bits per heavy atom. The third-order valence-electron chi connectivity index (χ3n) is 3.90. The van der Waals surface area contributed by atoms with Crippen LogP contribution in [0.4, 0.5) is 0 Å². The summed E-state index contributed by atoms with van der Waals surface area (Å²) in [5.41, 5.74) is 6.54. The lowest BCUT2D eigenvalue weighted by Gasteiger charge is -2.33. The van der Waals surface area contributed by atoms with Gasteiger partial charge in [0.25, 0.3) is 0 Å². The Kier molecular flexibility index (Phi) is 3.71. The van der Waals surface area contributed by atoms with Crippen molar-refractivity contribution in [1.82, 2.24) is 4.57 Å². The molecule has 1 fully saturated rings. The molecule has 4 heteroatoms. The maximum atomic E-state index is 8.80. The molecule has 1 saturated carbocycles. The Morgan fingerprint density at radius 3 is 3.00 bits per heavy atom. The smallest absolute Gasteiger partial charge is 0.186 e. The molecule has 2 unspecified atom stereocenters. The van der Waals surface area contributed by atoms with E-state index in [0.717, 1.165) is 5.69 Å². The minimum atomic E-state index is 0.204. The first-order chi connectivity index (χ1) is 8.27. The van der Waals surface area contributed by atoms with Gasteiger partial charge in [-0.3, -0.25) is 0 Å². The van der Waals surface area contributed by atoms with Crippen molar-refractivity contribution >= 4 is 5.84 Å². The van der Waals surface area contributed by atoms with Crippen LogP contribution < -0.4 is 5.73 Å². The van der Waals surface area contributed by atoms with Crippen molar-refractivity contribution < 1.29 is 5.21 Å². The van der Waals surface area contributed by atoms with Crippen LogP contribution in [0.15, 0.2) is 23.5 Å². The number of nitrogens with zero attached hydrogens (tertiary/aromatic N) is 2. The summed E-state index contributed by atoms with van der Waals surface area (Å²) in [4.78, 5) is 0. The molecular formula is C13H21N3O. The van der Waals surface area contributed by atoms with Crippen LogP contribution in [0, 0.1) is 5.92 Å². The van der Waals surface area contributed by atoms with E-state index in [4.69, 9.17) is 10.9 Å². The highest BCUT2D eigenvalue weighted by molar-refractivity contribution is 5.95. The van der Waals surface area contributed by atoms with Crippen LogP contribution in [-0.4, -0.2) is 15.6 Å². The van der Waals surface area contributed by atoms with Crippen LogP contribution in [0.25, 0.3) is 0 Å². The predicted octanol–water partition coefficient (Wildman–Crippen LogP) is 2.72. The van der Waals surface area contributed by atoms with E-state index >= 15 is 0 Å². The summed E-state index contributed by atoms with van der Waals surface area (Å²) < 4.78 is 2.18. The largest absolute Gasteiger partial charge is 0.409 e. The van der Waals surface area contributed by atoms with Crippen LogP contribution in [0.1, 0.15) is 50.8 Å². The van der Waals surface area contributed by atoms with E-state index in [1.54, 1.807) is 0 Å². The molecule has 1 aliphatic rings. The summed E-state index contributed by atoms with van der Waals surface area (Å²) in [5, 5.41) is 11.9. The molecule has 0 radical (unpaired) electrons. The molecule has 2 rings (SSSR count). The zero-order chi connectivity index (χ0) is 12.3. The van der Waals surface area contributed by atoms with Gasteiger partial charge in [0, 0.05) is 12.2 Å². The van der Waals surface area contributed by atoms with Crippen molar-refractivity contribution in [3.8, 4) is 0 Å². The topological polar surface area (TPSA) is 63.5 Å². The van der Waals surface area contributed by atoms with Crippen LogP contribution >= 0.6 is 0 Å². The van der Waals surface area contributed by atoms with Gasteiger partial charge in [-0.1, -0.05) is 31.3 Å². The highest BCUT2D eigenvalue weighted by atomic mass is 16.4. The van der Waals surface area contributed by atoms with E-state index in [0.29, 0.717) is 12.0 Å². The van der Waals surface area contributed by atoms with Crippen LogP contribution in [-0.2, 0) is 0 Å². The summed E-state index contributed by atoms with van der Waals surface area (Å²) in [6.07, 6.45) is 8.32. The molecule has 0 aromatic carbocycles. The lowest BCUT2D eigenvalue weighted by Crippen LogP contribution is -2.27. The van der Waals surface area contributed by atoms with Gasteiger partial charge in [-0.2, -0.15) is 0 Å². The van der Waals surface area contributed by atoms with Gasteiger partial charge in [-0.15, -0.1) is 0 Å². The van der Waals surface area contributed by atoms with Gasteiger partial charge in [0.05, 0.1) is 5.69 Å². The van der Waals surface area contributed by atoms with Gasteiger partial charge < -0.3 is 15.5 Å². The summed E-state index contributed by atoms with van der Waals surface area (Å²) in [7, 11) is 0. The minimum Gasteiger partial charge on any atom is -0.409 e. The van der Waals surface area contributed by atoms with Gasteiger partial charge in [0.15, 0.2) is 5.84 Å². The molecule has 3 N–H and O–H groups in total. The maximum Gasteiger partial charge on any atom is 0.186 e. The lowest BCUT2D eigenvalue weighted by atomic mass is 9.82. The van der Waals surface area contributed by atoms with Gasteiger partial charge in [0.2, 0.25) is 0 Å². The summed E-state index contributed by atoms with van der Waals surface area (Å²) in [6, 6.07) is 4.38. The monoisotopic (exact) mass is 235 g/mol. The van der Waals surface area contributed by atoms with Crippen LogP contribution in [0.3, 0.4) is 0 Å². The van der Waals surface area contributed by atoms with Gasteiger partial charge in [-0.05, 0) is 30.9 Å². The van der Waals surface area contributed by atoms with Crippen molar-refractivity contribution in [3.63, 3.8) is 0 Å². The van der Waals surface area contributed by atoms with E-state index < -0.39 is 0 Å². The average molecular weight is 235 g/mol. The molecule has 0 bridgehead atoms. The Hall–Kier alpha value is -1.45. The molecule has 0 spiro atoms. The van der Waals surface area contributed by atoms with Crippen molar-refractivity contribution in [2.45, 2.75) is 45.1 Å². The molecular weight excluding hydrogens is 214 g/mol. The number of nitrogens with two attached hydrogens (primary N) is 1. The number of oxime groups is 1. The first-order valence-electron chi connectivity index (χ1n) is 6.42. The fourth-order valence-electron chi connectivity index (χ4n) is 2.98. The first-order valence-corrected chi connectivity index (χ1v) is 6.42. The summed E-state index contributed by atoms with van der Waals surface area (Å²) >= 11 is 0. The average Bonchev–Trinajstić information content (AvgIpc) is 2.86. The quantitative estimate of drug-likeness (QED) is 0.366. The molecule has 4 nitrogen and oxygen atoms in total. The standard InChI is InChI=1S/C13H21N3O/c1-2-10-6-3-4-7-11(10)16-9-5-8-12(16)13(14)15-17/h5,8-11,17H,2-4,6-7H2,1H3,(H2,14,15). The highest BCUT2D eigenvalue weighted by Crippen LogP contribution is 2.36. The second-order valence-electron chi connectivity index (χ2n) is 4.81. The third kappa shape index (κ3) is 2.30. The molecule has 1 aliphatic carbocycles. The number of aromatic nitrogens is 1. The normalized spacial score (nSPS) is 26.1. The lowest BCUT2D eigenvalue weighted by molar-refractivity contribution is 0.232. The van der Waals surface area contributed by atoms with Gasteiger partial charge >= 0.3 is 0 Å². The molecule has 0 aliphatic heterocycles. The Bertz CT molecular complexity index is 397. The molecule has 1 aromatic heterocycles. The summed E-state index contributed by atoms with van der Waals surface area (Å²) in [5.74, 6) is 0.914. The first kappa shape index (κ1) is 12.0. The number of amidine groups is 1. The van der Waals surface area contributed by atoms with E-state index in [1.165, 1.54) is 32.1 Å². The third-order valence-corrected chi connectivity index (χ3v) is 3.90. The van der Waals surface area contributed by atoms with E-state index in [1.807, 2.05) is 18.3 Å². The Labute approximate surface area is 102 Å². The fraction of sp³-hybridized carbons (Fsp3) is 0.615. The Balaban J connectivity index is 2.29. The van der Waals surface area contributed by atoms with Crippen molar-refractivity contribution in [3.05, 3.63) is 24.0 Å². The van der Waals surface area contributed by atoms with Crippen molar-refractivity contribution in [2.24, 2.45) is 16.8 Å². The molecule has 2 atom stereocenters. The molecule has 94 valence electrons. The SMILES string of the molecule is CCC1CCCCC1n1cccc1/C(N)=N/O. The van der Waals surface area contributed by atoms with Crippen LogP contribution in [0.5, 0.6) is 0 Å². The second-order valence-corrected chi connectivity index (χ2v) is 4.81. The maximum absolute atomic E-state index is 8.80. The second kappa shape index (κ2) is 5.25. The van der Waals surface area contributed by atoms with Crippen LogP contribution in [0.2, 0.25) is 0 Å². The molecule has 17 heavy (non-hydrogen) atoms. The van der Waals surface area contributed by atoms with E-state index in [9.17, 15) is 0 Å². The van der Waals surface area contributed by atoms with E-state index in [2.05, 4.69) is 16.6 Å². The molecule has 1 heterocycles. The number of hydrogen-bond acceptors (Lipinski definition) is 2. The predicted molar refractivity (Wildman–Crippen MR) is 68.2 cm³/mol. The zero-order valence-electron chi connectivity index (χ0n) is 10.3. The zero-order valence-corrected chi connectivity index (χ0v) is 10.3. The van der Waals surface area contributed by atoms with Gasteiger partial charge in [0.1, 0.15) is 0 Å². The fourth-order valence-corrected chi connectivity index (χ4v) is 2.98. The molecule has 0 amide bonds. The number of hydrogen-bond donors (Lipinski definition) is 2. The Morgan fingerprint density at radius 1 is 1.53 bits per heavy atom. The minimum absolute atomic E-state index is 0.204. The van der Waals surface area contributed by atoms with Crippen molar-refractivity contribution in [2.75, 3.05) is 0 Å². The van der Waals surface area contributed by atoms with E-state index in [-0.39, 0.29) is 5.84 Å². The van der Waals surface area contributed by atoms with Crippen molar-refractivity contribution in [1.29, 1.82) is 0 Å². The summed E-state index contributed by atoms with van der Waals surface area (Å²) in [6.45, 7) is 2.25. The number of rotatable bonds is 3. The van der Waals surface area contributed by atoms with Gasteiger partial charge in [-0.25, -0.2) is 0 Å².